The molecule has 0 aromatic carbocycles. The van der Waals surface area contributed by atoms with Gasteiger partial charge < -0.3 is 9.15 Å². The highest BCUT2D eigenvalue weighted by molar-refractivity contribution is 5.07. The van der Waals surface area contributed by atoms with E-state index in [0.717, 1.165) is 44.3 Å². The molecule has 118 valence electrons. The summed E-state index contributed by atoms with van der Waals surface area (Å²) in [6, 6.07) is 6.16. The van der Waals surface area contributed by atoms with E-state index in [1.54, 1.807) is 6.08 Å². The average Bonchev–Trinajstić information content (AvgIpc) is 3.05. The van der Waals surface area contributed by atoms with Crippen LogP contribution in [0.25, 0.3) is 0 Å². The van der Waals surface area contributed by atoms with Crippen molar-refractivity contribution in [2.75, 3.05) is 19.8 Å². The molecule has 5 nitrogen and oxygen atoms in total. The van der Waals surface area contributed by atoms with Crippen molar-refractivity contribution in [3.8, 4) is 0 Å². The fraction of sp³-hybridized carbons (Fsp3) is 0.471. The Kier molecular flexibility index (Phi) is 4.75. The molecule has 1 aliphatic rings. The summed E-state index contributed by atoms with van der Waals surface area (Å²) in [7, 11) is 0. The zero-order valence-electron chi connectivity index (χ0n) is 13.1. The molecule has 0 N–H and O–H groups in total. The number of ether oxygens (including phenoxy) is 1. The number of hydrogen-bond acceptors (Lipinski definition) is 4. The van der Waals surface area contributed by atoms with Crippen LogP contribution in [-0.4, -0.2) is 34.4 Å². The van der Waals surface area contributed by atoms with Crippen LogP contribution in [0.4, 0.5) is 0 Å². The molecule has 0 fully saturated rings. The molecule has 3 heterocycles. The topological polar surface area (TPSA) is 43.4 Å². The normalized spacial score (nSPS) is 18.9. The largest absolute Gasteiger partial charge is 0.465 e. The SMILES string of the molecule is C=CCOC[C@@H]1CN(Cc2ccc(C)o2)Cc2ccnn2C1. The highest BCUT2D eigenvalue weighted by atomic mass is 16.5. The van der Waals surface area contributed by atoms with Crippen molar-refractivity contribution >= 4 is 0 Å². The Morgan fingerprint density at radius 1 is 1.41 bits per heavy atom. The number of furan rings is 1. The Balaban J connectivity index is 1.70. The van der Waals surface area contributed by atoms with Crippen molar-refractivity contribution in [1.29, 1.82) is 0 Å². The maximum absolute atomic E-state index is 5.72. The first kappa shape index (κ1) is 15.1. The lowest BCUT2D eigenvalue weighted by Gasteiger charge is -2.22. The number of rotatable bonds is 6. The molecule has 0 spiro atoms. The smallest absolute Gasteiger partial charge is 0.118 e. The van der Waals surface area contributed by atoms with Crippen LogP contribution >= 0.6 is 0 Å². The van der Waals surface area contributed by atoms with Crippen LogP contribution in [0.2, 0.25) is 0 Å². The summed E-state index contributed by atoms with van der Waals surface area (Å²) in [4.78, 5) is 2.40. The van der Waals surface area contributed by atoms with Gasteiger partial charge in [-0.2, -0.15) is 5.10 Å². The molecular weight excluding hydrogens is 278 g/mol. The maximum Gasteiger partial charge on any atom is 0.118 e. The molecule has 2 aromatic rings. The zero-order valence-corrected chi connectivity index (χ0v) is 13.1. The van der Waals surface area contributed by atoms with E-state index in [-0.39, 0.29) is 0 Å². The molecule has 1 aliphatic heterocycles. The molecule has 0 amide bonds. The number of aromatic nitrogens is 2. The average molecular weight is 301 g/mol. The van der Waals surface area contributed by atoms with E-state index in [0.29, 0.717) is 12.5 Å². The third kappa shape index (κ3) is 3.67. The highest BCUT2D eigenvalue weighted by Gasteiger charge is 2.23. The fourth-order valence-corrected chi connectivity index (χ4v) is 2.95. The fourth-order valence-electron chi connectivity index (χ4n) is 2.95. The predicted octanol–water partition coefficient (Wildman–Crippen LogP) is 2.62. The van der Waals surface area contributed by atoms with E-state index < -0.39 is 0 Å². The van der Waals surface area contributed by atoms with Crippen molar-refractivity contribution in [3.05, 3.63) is 54.3 Å². The summed E-state index contributed by atoms with van der Waals surface area (Å²) in [5.41, 5.74) is 1.24. The van der Waals surface area contributed by atoms with Crippen molar-refractivity contribution in [2.24, 2.45) is 5.92 Å². The van der Waals surface area contributed by atoms with E-state index in [1.165, 1.54) is 5.69 Å². The Morgan fingerprint density at radius 2 is 2.32 bits per heavy atom. The quantitative estimate of drug-likeness (QED) is 0.608. The lowest BCUT2D eigenvalue weighted by Crippen LogP contribution is -2.30. The van der Waals surface area contributed by atoms with E-state index in [1.807, 2.05) is 19.2 Å². The third-order valence-electron chi connectivity index (χ3n) is 3.90. The van der Waals surface area contributed by atoms with Crippen molar-refractivity contribution in [1.82, 2.24) is 14.7 Å². The van der Waals surface area contributed by atoms with Gasteiger partial charge in [0.1, 0.15) is 11.5 Å². The molecule has 0 bridgehead atoms. The number of hydrogen-bond donors (Lipinski definition) is 0. The van der Waals surface area contributed by atoms with Gasteiger partial charge in [-0.3, -0.25) is 9.58 Å². The van der Waals surface area contributed by atoms with Crippen molar-refractivity contribution in [2.45, 2.75) is 26.6 Å². The second-order valence-electron chi connectivity index (χ2n) is 5.88. The van der Waals surface area contributed by atoms with Gasteiger partial charge in [-0.05, 0) is 25.1 Å². The molecule has 0 saturated heterocycles. The Bertz CT molecular complexity index is 617. The summed E-state index contributed by atoms with van der Waals surface area (Å²) >= 11 is 0. The van der Waals surface area contributed by atoms with E-state index >= 15 is 0 Å². The van der Waals surface area contributed by atoms with Gasteiger partial charge in [0.05, 0.1) is 25.5 Å². The monoisotopic (exact) mass is 301 g/mol. The highest BCUT2D eigenvalue weighted by Crippen LogP contribution is 2.19. The van der Waals surface area contributed by atoms with E-state index in [2.05, 4.69) is 33.4 Å². The van der Waals surface area contributed by atoms with Crippen LogP contribution in [0.15, 0.2) is 41.5 Å². The Hall–Kier alpha value is -1.85. The van der Waals surface area contributed by atoms with Crippen LogP contribution in [0, 0.1) is 12.8 Å². The Morgan fingerprint density at radius 3 is 3.09 bits per heavy atom. The van der Waals surface area contributed by atoms with Crippen molar-refractivity contribution < 1.29 is 9.15 Å². The first-order valence-corrected chi connectivity index (χ1v) is 7.71. The van der Waals surface area contributed by atoms with Crippen LogP contribution < -0.4 is 0 Å². The van der Waals surface area contributed by atoms with Crippen LogP contribution in [0.1, 0.15) is 17.2 Å². The van der Waals surface area contributed by atoms with E-state index in [4.69, 9.17) is 9.15 Å². The summed E-state index contributed by atoms with van der Waals surface area (Å²) in [6.07, 6.45) is 3.66. The summed E-state index contributed by atoms with van der Waals surface area (Å²) in [5, 5.41) is 4.43. The zero-order chi connectivity index (χ0) is 15.4. The second kappa shape index (κ2) is 6.94. The molecule has 2 aromatic heterocycles. The van der Waals surface area contributed by atoms with Gasteiger partial charge in [-0.1, -0.05) is 6.08 Å². The molecule has 5 heteroatoms. The lowest BCUT2D eigenvalue weighted by molar-refractivity contribution is 0.0913. The number of nitrogens with zero attached hydrogens (tertiary/aromatic N) is 3. The minimum atomic E-state index is 0.414. The van der Waals surface area contributed by atoms with Crippen LogP contribution in [0.5, 0.6) is 0 Å². The first-order valence-electron chi connectivity index (χ1n) is 7.71. The van der Waals surface area contributed by atoms with Gasteiger partial charge in [0.25, 0.3) is 0 Å². The molecule has 22 heavy (non-hydrogen) atoms. The van der Waals surface area contributed by atoms with Gasteiger partial charge in [-0.25, -0.2) is 0 Å². The van der Waals surface area contributed by atoms with Crippen molar-refractivity contribution in [3.63, 3.8) is 0 Å². The van der Waals surface area contributed by atoms with Gasteiger partial charge in [0.2, 0.25) is 0 Å². The number of aryl methyl sites for hydroxylation is 1. The summed E-state index contributed by atoms with van der Waals surface area (Å²) in [6.45, 7) is 10.6. The van der Waals surface area contributed by atoms with Gasteiger partial charge in [-0.15, -0.1) is 6.58 Å². The second-order valence-corrected chi connectivity index (χ2v) is 5.88. The van der Waals surface area contributed by atoms with Gasteiger partial charge in [0.15, 0.2) is 0 Å². The molecule has 0 saturated carbocycles. The molecule has 0 radical (unpaired) electrons. The summed E-state index contributed by atoms with van der Waals surface area (Å²) < 4.78 is 13.5. The molecule has 3 rings (SSSR count). The molecule has 1 atom stereocenters. The lowest BCUT2D eigenvalue weighted by atomic mass is 10.1. The minimum absolute atomic E-state index is 0.414. The van der Waals surface area contributed by atoms with Gasteiger partial charge >= 0.3 is 0 Å². The minimum Gasteiger partial charge on any atom is -0.465 e. The molecular formula is C17H23N3O2. The predicted molar refractivity (Wildman–Crippen MR) is 84.3 cm³/mol. The Labute approximate surface area is 131 Å². The third-order valence-corrected chi connectivity index (χ3v) is 3.90. The van der Waals surface area contributed by atoms with Crippen LogP contribution in [0.3, 0.4) is 0 Å². The van der Waals surface area contributed by atoms with Gasteiger partial charge in [0, 0.05) is 31.7 Å². The first-order chi connectivity index (χ1) is 10.7. The molecule has 0 unspecified atom stereocenters. The number of fused-ring (bicyclic) bond motifs is 1. The van der Waals surface area contributed by atoms with E-state index in [9.17, 15) is 0 Å². The standard InChI is InChI=1S/C17H23N3O2/c1-3-8-21-13-15-9-19(12-17-5-4-14(2)22-17)11-16-6-7-18-20(16)10-15/h3-7,15H,1,8-13H2,2H3/t15-/m1/s1. The molecule has 0 aliphatic carbocycles. The van der Waals surface area contributed by atoms with Crippen LogP contribution in [-0.2, 0) is 24.4 Å². The maximum atomic E-state index is 5.72. The summed E-state index contributed by atoms with van der Waals surface area (Å²) in [5.74, 6) is 2.38.